The number of hydrogen-bond donors (Lipinski definition) is 3. The van der Waals surface area contributed by atoms with Crippen molar-refractivity contribution in [2.75, 3.05) is 41.9 Å². The Morgan fingerprint density at radius 2 is 1.54 bits per heavy atom. The number of carboxylic acid groups (broad SMARTS) is 1. The van der Waals surface area contributed by atoms with Gasteiger partial charge in [0, 0.05) is 27.8 Å². The molecule has 9 atom stereocenters. The van der Waals surface area contributed by atoms with E-state index in [1.807, 2.05) is 90.9 Å². The summed E-state index contributed by atoms with van der Waals surface area (Å²) in [7, 11) is 8.45. The van der Waals surface area contributed by atoms with Crippen molar-refractivity contribution in [1.82, 2.24) is 25.3 Å². The summed E-state index contributed by atoms with van der Waals surface area (Å²) in [5.74, 6) is -3.15. The van der Waals surface area contributed by atoms with E-state index < -0.39 is 60.2 Å². The number of likely N-dealkylation sites (tertiary alicyclic amines) is 1. The molecule has 0 aliphatic carbocycles. The van der Waals surface area contributed by atoms with Crippen LogP contribution in [-0.4, -0.2) is 134 Å². The number of ether oxygens (including phenoxy) is 2. The van der Waals surface area contributed by atoms with Crippen molar-refractivity contribution in [2.45, 2.75) is 129 Å². The van der Waals surface area contributed by atoms with Crippen LogP contribution in [0.4, 0.5) is 0 Å². The summed E-state index contributed by atoms with van der Waals surface area (Å²) >= 11 is 0. The Bertz CT molecular complexity index is 1350. The fraction of sp³-hybridized carbons (Fsp3) is 0.732. The summed E-state index contributed by atoms with van der Waals surface area (Å²) in [4.78, 5) is 72.6. The first-order chi connectivity index (χ1) is 25.4. The highest BCUT2D eigenvalue weighted by Gasteiger charge is 2.43. The second kappa shape index (κ2) is 22.1. The third-order valence-electron chi connectivity index (χ3n) is 11.1. The third-order valence-corrected chi connectivity index (χ3v) is 11.1. The van der Waals surface area contributed by atoms with Crippen LogP contribution < -0.4 is 10.6 Å². The molecule has 13 nitrogen and oxygen atoms in total. The fourth-order valence-corrected chi connectivity index (χ4v) is 7.93. The van der Waals surface area contributed by atoms with E-state index in [9.17, 15) is 29.1 Å². The van der Waals surface area contributed by atoms with Crippen LogP contribution >= 0.6 is 0 Å². The highest BCUT2D eigenvalue weighted by Crippen LogP contribution is 2.30. The Labute approximate surface area is 323 Å². The van der Waals surface area contributed by atoms with Gasteiger partial charge in [-0.1, -0.05) is 85.2 Å². The number of aryl methyl sites for hydroxylation is 1. The molecule has 1 aromatic rings. The summed E-state index contributed by atoms with van der Waals surface area (Å²) in [6, 6.07) is 6.36. The van der Waals surface area contributed by atoms with Crippen LogP contribution in [0.3, 0.4) is 0 Å². The van der Waals surface area contributed by atoms with Gasteiger partial charge in [-0.05, 0) is 63.1 Å². The summed E-state index contributed by atoms with van der Waals surface area (Å²) in [6.45, 7) is 14.0. The molecule has 1 heterocycles. The second-order valence-corrected chi connectivity index (χ2v) is 15.9. The molecule has 13 heteroatoms. The zero-order valence-corrected chi connectivity index (χ0v) is 34.8. The first-order valence-corrected chi connectivity index (χ1v) is 19.6. The van der Waals surface area contributed by atoms with Crippen LogP contribution in [0.1, 0.15) is 86.1 Å². The minimum absolute atomic E-state index is 0.00797. The molecule has 4 amide bonds. The number of methoxy groups -OCH3 is 2. The minimum Gasteiger partial charge on any atom is -0.480 e. The predicted molar refractivity (Wildman–Crippen MR) is 210 cm³/mol. The monoisotopic (exact) mass is 760 g/mol. The van der Waals surface area contributed by atoms with Crippen molar-refractivity contribution in [3.8, 4) is 0 Å². The normalized spacial score (nSPS) is 19.1. The lowest BCUT2D eigenvalue weighted by molar-refractivity contribution is -0.148. The van der Waals surface area contributed by atoms with Gasteiger partial charge in [-0.25, -0.2) is 4.79 Å². The lowest BCUT2D eigenvalue weighted by Gasteiger charge is -2.41. The van der Waals surface area contributed by atoms with Crippen molar-refractivity contribution < 1.29 is 38.6 Å². The molecule has 1 aliphatic rings. The van der Waals surface area contributed by atoms with Crippen LogP contribution in [0.25, 0.3) is 0 Å². The average Bonchev–Trinajstić information content (AvgIpc) is 3.61. The number of hydrogen-bond acceptors (Lipinski definition) is 8. The number of likely N-dealkylation sites (N-methyl/N-ethyl adjacent to an activating group) is 2. The molecule has 0 radical (unpaired) electrons. The van der Waals surface area contributed by atoms with Gasteiger partial charge in [-0.2, -0.15) is 0 Å². The second-order valence-electron chi connectivity index (χ2n) is 15.9. The van der Waals surface area contributed by atoms with Gasteiger partial charge in [-0.15, -0.1) is 0 Å². The van der Waals surface area contributed by atoms with E-state index in [-0.39, 0.29) is 48.3 Å². The summed E-state index contributed by atoms with van der Waals surface area (Å²) in [6.07, 6.45) is 1.43. The van der Waals surface area contributed by atoms with Crippen molar-refractivity contribution in [3.63, 3.8) is 0 Å². The zero-order valence-electron chi connectivity index (χ0n) is 34.8. The molecule has 54 heavy (non-hydrogen) atoms. The molecule has 306 valence electrons. The quantitative estimate of drug-likeness (QED) is 0.160. The van der Waals surface area contributed by atoms with Gasteiger partial charge in [0.1, 0.15) is 12.1 Å². The SMILES string of the molecule is CC[C@H](C)[C@@H]([C@@H](CC(=O)N1CCC[C@H]1[C@H](OC)[C@@H](C)C(=O)N[C@@H](CCc1ccccc1)C(=O)O)OC)N(C)C(=O)[C@@H](NC(=O)[C@H](C(C)C)N(C)C)C(C)C. The smallest absolute Gasteiger partial charge is 0.326 e. The Balaban J connectivity index is 2.25. The van der Waals surface area contributed by atoms with Gasteiger partial charge >= 0.3 is 5.97 Å². The van der Waals surface area contributed by atoms with Gasteiger partial charge in [0.2, 0.25) is 23.6 Å². The molecule has 1 aliphatic heterocycles. The first-order valence-electron chi connectivity index (χ1n) is 19.6. The molecule has 1 aromatic carbocycles. The number of nitrogens with zero attached hydrogens (tertiary/aromatic N) is 3. The summed E-state index contributed by atoms with van der Waals surface area (Å²) in [5, 5.41) is 15.6. The van der Waals surface area contributed by atoms with Crippen molar-refractivity contribution in [2.24, 2.45) is 23.7 Å². The van der Waals surface area contributed by atoms with Crippen LogP contribution in [0.15, 0.2) is 30.3 Å². The molecule has 0 aromatic heterocycles. The van der Waals surface area contributed by atoms with Crippen LogP contribution in [0.2, 0.25) is 0 Å². The fourth-order valence-electron chi connectivity index (χ4n) is 7.93. The number of carbonyl (C=O) groups excluding carboxylic acids is 4. The van der Waals surface area contributed by atoms with E-state index in [1.165, 1.54) is 7.11 Å². The van der Waals surface area contributed by atoms with Crippen LogP contribution in [0.5, 0.6) is 0 Å². The molecule has 3 N–H and O–H groups in total. The Hall–Kier alpha value is -3.55. The van der Waals surface area contributed by atoms with Gasteiger partial charge < -0.3 is 35.0 Å². The van der Waals surface area contributed by atoms with E-state index in [4.69, 9.17) is 9.47 Å². The molecule has 0 saturated carbocycles. The van der Waals surface area contributed by atoms with Crippen molar-refractivity contribution >= 4 is 29.6 Å². The van der Waals surface area contributed by atoms with Gasteiger partial charge in [0.15, 0.2) is 0 Å². The lowest BCUT2D eigenvalue weighted by Crippen LogP contribution is -2.59. The molecular weight excluding hydrogens is 690 g/mol. The highest BCUT2D eigenvalue weighted by molar-refractivity contribution is 5.90. The minimum atomic E-state index is -1.11. The predicted octanol–water partition coefficient (Wildman–Crippen LogP) is 3.84. The number of nitrogens with one attached hydrogen (secondary N) is 2. The molecule has 0 bridgehead atoms. The molecule has 0 spiro atoms. The largest absolute Gasteiger partial charge is 0.480 e. The van der Waals surface area contributed by atoms with Gasteiger partial charge in [0.05, 0.1) is 42.7 Å². The Morgan fingerprint density at radius 3 is 2.04 bits per heavy atom. The van der Waals surface area contributed by atoms with Crippen molar-refractivity contribution in [3.05, 3.63) is 35.9 Å². The van der Waals surface area contributed by atoms with E-state index in [0.29, 0.717) is 25.8 Å². The van der Waals surface area contributed by atoms with E-state index in [1.54, 1.807) is 30.9 Å². The highest BCUT2D eigenvalue weighted by atomic mass is 16.5. The molecule has 1 saturated heterocycles. The molecule has 0 unspecified atom stereocenters. The van der Waals surface area contributed by atoms with E-state index >= 15 is 0 Å². The van der Waals surface area contributed by atoms with E-state index in [2.05, 4.69) is 10.6 Å². The van der Waals surface area contributed by atoms with Crippen LogP contribution in [0, 0.1) is 23.7 Å². The number of rotatable bonds is 22. The number of aliphatic carboxylic acids is 1. The number of benzene rings is 1. The van der Waals surface area contributed by atoms with Gasteiger partial charge in [-0.3, -0.25) is 24.1 Å². The number of amides is 4. The molecule has 2 rings (SSSR count). The topological polar surface area (TPSA) is 158 Å². The average molecular weight is 760 g/mol. The van der Waals surface area contributed by atoms with Gasteiger partial charge in [0.25, 0.3) is 0 Å². The zero-order chi connectivity index (χ0) is 40.9. The van der Waals surface area contributed by atoms with Crippen molar-refractivity contribution in [1.29, 1.82) is 0 Å². The maximum absolute atomic E-state index is 14.2. The maximum atomic E-state index is 14.2. The number of carbonyl (C=O) groups is 5. The first kappa shape index (κ1) is 46.6. The standard InChI is InChI=1S/C41H69N5O8/c1-13-27(6)36(45(10)40(50)34(25(2)3)43-39(49)35(26(4)5)44(8)9)32(53-11)24-33(47)46-23-17-20-31(46)37(54-12)28(7)38(48)42-30(41(51)52)22-21-29-18-15-14-16-19-29/h14-16,18-19,25-28,30-32,34-37H,13,17,20-24H2,1-12H3,(H,42,48)(H,43,49)(H,51,52)/t27-,28+,30-,31-,32+,34-,35-,36-,37+/m0/s1. The van der Waals surface area contributed by atoms with Crippen LogP contribution in [-0.2, 0) is 39.9 Å². The Morgan fingerprint density at radius 1 is 0.907 bits per heavy atom. The summed E-state index contributed by atoms with van der Waals surface area (Å²) in [5.41, 5.74) is 0.979. The lowest BCUT2D eigenvalue weighted by atomic mass is 9.89. The molecular formula is C41H69N5O8. The summed E-state index contributed by atoms with van der Waals surface area (Å²) < 4.78 is 11.9. The maximum Gasteiger partial charge on any atom is 0.326 e. The van der Waals surface area contributed by atoms with E-state index in [0.717, 1.165) is 12.0 Å². The third kappa shape index (κ3) is 12.5. The Kier molecular flexibility index (Phi) is 19.1. The molecule has 1 fully saturated rings. The number of carboxylic acids is 1.